The van der Waals surface area contributed by atoms with E-state index in [1.54, 1.807) is 6.92 Å². The van der Waals surface area contributed by atoms with Crippen LogP contribution in [0.4, 0.5) is 0 Å². The third kappa shape index (κ3) is 5.52. The number of aromatic hydroxyl groups is 1. The average molecular weight is 294 g/mol. The normalized spacial score (nSPS) is 11.5. The molecule has 21 heavy (non-hydrogen) atoms. The second kappa shape index (κ2) is 7.88. The summed E-state index contributed by atoms with van der Waals surface area (Å²) in [5.41, 5.74) is 4.72. The maximum absolute atomic E-state index is 11.7. The lowest BCUT2D eigenvalue weighted by atomic mass is 10.0. The van der Waals surface area contributed by atoms with Gasteiger partial charge in [0, 0.05) is 12.0 Å². The number of benzene rings is 1. The Morgan fingerprint density at radius 3 is 2.29 bits per heavy atom. The van der Waals surface area contributed by atoms with Gasteiger partial charge in [-0.25, -0.2) is 0 Å². The van der Waals surface area contributed by atoms with Gasteiger partial charge in [-0.05, 0) is 37.1 Å². The highest BCUT2D eigenvalue weighted by Gasteiger charge is 2.16. The molecule has 1 rings (SSSR count). The summed E-state index contributed by atoms with van der Waals surface area (Å²) in [4.78, 5) is 34.0. The highest BCUT2D eigenvalue weighted by Crippen LogP contribution is 2.11. The Hall–Kier alpha value is -2.57. The van der Waals surface area contributed by atoms with Crippen LogP contribution >= 0.6 is 0 Å². The summed E-state index contributed by atoms with van der Waals surface area (Å²) in [5, 5.41) is 18.0. The number of carbonyl (C=O) groups is 3. The Morgan fingerprint density at radius 2 is 1.76 bits per heavy atom. The van der Waals surface area contributed by atoms with E-state index in [-0.39, 0.29) is 24.2 Å². The smallest absolute Gasteiger partial charge is 0.306 e. The molecule has 7 nitrogen and oxygen atoms in total. The van der Waals surface area contributed by atoms with Gasteiger partial charge in [0.2, 0.25) is 5.91 Å². The van der Waals surface area contributed by atoms with Gasteiger partial charge in [-0.3, -0.25) is 25.2 Å². The Kier molecular flexibility index (Phi) is 6.19. The molecule has 0 saturated heterocycles. The zero-order valence-electron chi connectivity index (χ0n) is 11.6. The minimum atomic E-state index is -0.932. The lowest BCUT2D eigenvalue weighted by molar-refractivity contribution is -0.142. The van der Waals surface area contributed by atoms with Gasteiger partial charge in [0.25, 0.3) is 5.91 Å². The summed E-state index contributed by atoms with van der Waals surface area (Å²) in [5.74, 6) is -2.44. The van der Waals surface area contributed by atoms with E-state index in [0.717, 1.165) is 0 Å². The predicted octanol–water partition coefficient (Wildman–Crippen LogP) is 1.04. The summed E-state index contributed by atoms with van der Waals surface area (Å²) >= 11 is 0. The third-order valence-electron chi connectivity index (χ3n) is 3.01. The second-order valence-corrected chi connectivity index (χ2v) is 4.53. The Morgan fingerprint density at radius 1 is 1.14 bits per heavy atom. The quantitative estimate of drug-likeness (QED) is 0.585. The van der Waals surface area contributed by atoms with Crippen LogP contribution in [0.2, 0.25) is 0 Å². The molecule has 0 fully saturated rings. The summed E-state index contributed by atoms with van der Waals surface area (Å²) < 4.78 is 0. The molecule has 0 spiro atoms. The number of carboxylic acid groups (broad SMARTS) is 1. The number of carboxylic acids is 1. The number of aliphatic carboxylic acids is 1. The van der Waals surface area contributed by atoms with Gasteiger partial charge >= 0.3 is 5.97 Å². The number of carbonyl (C=O) groups excluding carboxylic acids is 2. The molecule has 0 radical (unpaired) electrons. The van der Waals surface area contributed by atoms with Gasteiger partial charge in [-0.2, -0.15) is 0 Å². The summed E-state index contributed by atoms with van der Waals surface area (Å²) in [6.07, 6.45) is 0.676. The van der Waals surface area contributed by atoms with E-state index in [2.05, 4.69) is 10.9 Å². The van der Waals surface area contributed by atoms with Crippen molar-refractivity contribution >= 4 is 17.8 Å². The van der Waals surface area contributed by atoms with Crippen LogP contribution in [0.1, 0.15) is 36.5 Å². The van der Waals surface area contributed by atoms with Crippen molar-refractivity contribution in [3.63, 3.8) is 0 Å². The van der Waals surface area contributed by atoms with Crippen LogP contribution in [0.25, 0.3) is 0 Å². The van der Waals surface area contributed by atoms with Gasteiger partial charge in [0.15, 0.2) is 0 Å². The minimum Gasteiger partial charge on any atom is -0.508 e. The first-order valence-corrected chi connectivity index (χ1v) is 6.55. The molecule has 4 N–H and O–H groups in total. The zero-order chi connectivity index (χ0) is 15.8. The molecule has 7 heteroatoms. The number of hydrogen-bond acceptors (Lipinski definition) is 4. The Bertz CT molecular complexity index is 513. The van der Waals surface area contributed by atoms with E-state index < -0.39 is 23.7 Å². The lowest BCUT2D eigenvalue weighted by Gasteiger charge is -2.10. The van der Waals surface area contributed by atoms with Gasteiger partial charge in [0.05, 0.1) is 5.92 Å². The SMILES string of the molecule is CC[C@@H](CCC(=O)NNC(=O)c1ccc(O)cc1)C(=O)O. The molecule has 1 aromatic rings. The van der Waals surface area contributed by atoms with Gasteiger partial charge in [-0.15, -0.1) is 0 Å². The van der Waals surface area contributed by atoms with Crippen LogP contribution in [-0.2, 0) is 9.59 Å². The van der Waals surface area contributed by atoms with Crippen molar-refractivity contribution in [3.05, 3.63) is 29.8 Å². The molecule has 0 bridgehead atoms. The first-order chi connectivity index (χ1) is 9.93. The topological polar surface area (TPSA) is 116 Å². The molecular weight excluding hydrogens is 276 g/mol. The van der Waals surface area contributed by atoms with E-state index in [4.69, 9.17) is 10.2 Å². The first kappa shape index (κ1) is 16.5. The maximum Gasteiger partial charge on any atom is 0.306 e. The van der Waals surface area contributed by atoms with Crippen molar-refractivity contribution in [1.29, 1.82) is 0 Å². The molecule has 114 valence electrons. The fraction of sp³-hybridized carbons (Fsp3) is 0.357. The highest BCUT2D eigenvalue weighted by molar-refractivity contribution is 5.95. The van der Waals surface area contributed by atoms with Crippen LogP contribution < -0.4 is 10.9 Å². The molecule has 0 aliphatic carbocycles. The molecule has 1 aromatic carbocycles. The highest BCUT2D eigenvalue weighted by atomic mass is 16.4. The molecule has 2 amide bonds. The third-order valence-corrected chi connectivity index (χ3v) is 3.01. The fourth-order valence-corrected chi connectivity index (χ4v) is 1.68. The Balaban J connectivity index is 2.37. The first-order valence-electron chi connectivity index (χ1n) is 6.55. The van der Waals surface area contributed by atoms with Crippen LogP contribution in [0.3, 0.4) is 0 Å². The largest absolute Gasteiger partial charge is 0.508 e. The van der Waals surface area contributed by atoms with Crippen molar-refractivity contribution < 1.29 is 24.6 Å². The fourth-order valence-electron chi connectivity index (χ4n) is 1.68. The summed E-state index contributed by atoms with van der Waals surface area (Å²) in [6.45, 7) is 1.74. The standard InChI is InChI=1S/C14H18N2O5/c1-2-9(14(20)21)5-8-12(18)15-16-13(19)10-3-6-11(17)7-4-10/h3-4,6-7,9,17H,2,5,8H2,1H3,(H,15,18)(H,16,19)(H,20,21)/t9-/m0/s1. The maximum atomic E-state index is 11.7. The number of amides is 2. The number of hydrogen-bond donors (Lipinski definition) is 4. The molecule has 0 aliphatic rings. The number of phenols is 1. The molecule has 0 aliphatic heterocycles. The van der Waals surface area contributed by atoms with E-state index in [1.165, 1.54) is 24.3 Å². The predicted molar refractivity (Wildman–Crippen MR) is 74.4 cm³/mol. The number of phenolic OH excluding ortho intramolecular Hbond substituents is 1. The van der Waals surface area contributed by atoms with E-state index in [0.29, 0.717) is 6.42 Å². The van der Waals surface area contributed by atoms with Crippen LogP contribution in [-0.4, -0.2) is 28.0 Å². The zero-order valence-corrected chi connectivity index (χ0v) is 11.6. The average Bonchev–Trinajstić information content (AvgIpc) is 2.45. The van der Waals surface area contributed by atoms with Gasteiger partial charge in [-0.1, -0.05) is 6.92 Å². The lowest BCUT2D eigenvalue weighted by Crippen LogP contribution is -2.41. The van der Waals surface area contributed by atoms with Crippen molar-refractivity contribution in [3.8, 4) is 5.75 Å². The van der Waals surface area contributed by atoms with E-state index >= 15 is 0 Å². The van der Waals surface area contributed by atoms with Crippen LogP contribution in [0.15, 0.2) is 24.3 Å². The van der Waals surface area contributed by atoms with Gasteiger partial charge < -0.3 is 10.2 Å². The monoisotopic (exact) mass is 294 g/mol. The molecule has 0 aromatic heterocycles. The van der Waals surface area contributed by atoms with Crippen LogP contribution in [0, 0.1) is 5.92 Å². The molecular formula is C14H18N2O5. The van der Waals surface area contributed by atoms with Crippen molar-refractivity contribution in [2.45, 2.75) is 26.2 Å². The molecule has 0 heterocycles. The summed E-state index contributed by atoms with van der Waals surface area (Å²) in [7, 11) is 0. The molecule has 0 unspecified atom stereocenters. The van der Waals surface area contributed by atoms with E-state index in [9.17, 15) is 14.4 Å². The van der Waals surface area contributed by atoms with E-state index in [1.807, 2.05) is 0 Å². The van der Waals surface area contributed by atoms with Crippen molar-refractivity contribution in [2.75, 3.05) is 0 Å². The second-order valence-electron chi connectivity index (χ2n) is 4.53. The van der Waals surface area contributed by atoms with Crippen molar-refractivity contribution in [2.24, 2.45) is 5.92 Å². The summed E-state index contributed by atoms with van der Waals surface area (Å²) in [6, 6.07) is 5.54. The molecule has 1 atom stereocenters. The van der Waals surface area contributed by atoms with Crippen molar-refractivity contribution in [1.82, 2.24) is 10.9 Å². The number of rotatable bonds is 6. The van der Waals surface area contributed by atoms with Gasteiger partial charge in [0.1, 0.15) is 5.75 Å². The van der Waals surface area contributed by atoms with Crippen LogP contribution in [0.5, 0.6) is 5.75 Å². The minimum absolute atomic E-state index is 0.0145. The number of hydrazine groups is 1. The number of nitrogens with one attached hydrogen (secondary N) is 2. The Labute approximate surface area is 121 Å². The molecule has 0 saturated carbocycles.